The molecule has 0 saturated heterocycles. The molecule has 2 aromatic rings. The molecule has 116 valence electrons. The molecule has 0 aliphatic carbocycles. The molecule has 0 amide bonds. The van der Waals surface area contributed by atoms with Crippen molar-refractivity contribution in [3.8, 4) is 17.0 Å². The fourth-order valence-electron chi connectivity index (χ4n) is 1.90. The summed E-state index contributed by atoms with van der Waals surface area (Å²) in [5, 5.41) is 9.09. The molecule has 0 atom stereocenters. The van der Waals surface area contributed by atoms with Crippen molar-refractivity contribution in [2.75, 3.05) is 0 Å². The van der Waals surface area contributed by atoms with Crippen LogP contribution in [0.5, 0.6) is 5.75 Å². The highest BCUT2D eigenvalue weighted by molar-refractivity contribution is 6.30. The lowest BCUT2D eigenvalue weighted by molar-refractivity contribution is -0.274. The first-order valence-electron chi connectivity index (χ1n) is 5.97. The average Bonchev–Trinajstić information content (AvgIpc) is 2.37. The molecule has 0 bridgehead atoms. The molecular weight excluding hydrogens is 323 g/mol. The summed E-state index contributed by atoms with van der Waals surface area (Å²) in [6, 6.07) is 6.71. The van der Waals surface area contributed by atoms with Gasteiger partial charge in [-0.15, -0.1) is 13.2 Å². The average molecular weight is 332 g/mol. The largest absolute Gasteiger partial charge is 0.573 e. The Labute approximate surface area is 128 Å². The molecule has 0 radical (unpaired) electrons. The van der Waals surface area contributed by atoms with Crippen molar-refractivity contribution in [2.45, 2.75) is 12.8 Å². The number of aliphatic carboxylic acids is 1. The Morgan fingerprint density at radius 2 is 2.00 bits per heavy atom. The number of carbonyl (C=O) groups is 1. The summed E-state index contributed by atoms with van der Waals surface area (Å²) < 4.78 is 41.3. The second-order valence-electron chi connectivity index (χ2n) is 4.28. The number of carboxylic acid groups (broad SMARTS) is 1. The van der Waals surface area contributed by atoms with Crippen LogP contribution in [0.1, 0.15) is 5.56 Å². The third-order valence-corrected chi connectivity index (χ3v) is 2.85. The summed E-state index contributed by atoms with van der Waals surface area (Å²) in [5.41, 5.74) is 0.303. The number of halogens is 4. The van der Waals surface area contributed by atoms with Crippen LogP contribution in [0.3, 0.4) is 0 Å². The maximum absolute atomic E-state index is 12.5. The second-order valence-corrected chi connectivity index (χ2v) is 4.71. The molecule has 0 spiro atoms. The number of hydrogen-bond acceptors (Lipinski definition) is 3. The van der Waals surface area contributed by atoms with E-state index in [1.54, 1.807) is 0 Å². The number of aromatic nitrogens is 1. The Bertz CT molecular complexity index is 704. The van der Waals surface area contributed by atoms with Gasteiger partial charge in [-0.05, 0) is 23.8 Å². The molecular formula is C14H9ClF3NO3. The number of rotatable bonds is 4. The van der Waals surface area contributed by atoms with E-state index in [1.807, 2.05) is 0 Å². The molecule has 8 heteroatoms. The van der Waals surface area contributed by atoms with E-state index in [2.05, 4.69) is 9.72 Å². The molecule has 2 rings (SSSR count). The molecule has 0 unspecified atom stereocenters. The predicted octanol–water partition coefficient (Wildman–Crippen LogP) is 3.93. The van der Waals surface area contributed by atoms with Crippen molar-refractivity contribution in [3.05, 3.63) is 47.1 Å². The van der Waals surface area contributed by atoms with Crippen LogP contribution >= 0.6 is 11.6 Å². The van der Waals surface area contributed by atoms with Crippen LogP contribution in [0.2, 0.25) is 5.02 Å². The van der Waals surface area contributed by atoms with E-state index in [-0.39, 0.29) is 21.8 Å². The number of nitrogens with zero attached hydrogens (tertiary/aromatic N) is 1. The number of hydrogen-bond donors (Lipinski definition) is 1. The van der Waals surface area contributed by atoms with Crippen molar-refractivity contribution in [1.29, 1.82) is 0 Å². The zero-order valence-corrected chi connectivity index (χ0v) is 11.6. The number of pyridine rings is 1. The Hall–Kier alpha value is -2.28. The van der Waals surface area contributed by atoms with Crippen molar-refractivity contribution in [3.63, 3.8) is 0 Å². The minimum Gasteiger partial charge on any atom is -0.481 e. The summed E-state index contributed by atoms with van der Waals surface area (Å²) in [6.07, 6.45) is -4.06. The first kappa shape index (κ1) is 16.1. The fourth-order valence-corrected chi connectivity index (χ4v) is 2.08. The van der Waals surface area contributed by atoms with Gasteiger partial charge in [-0.25, -0.2) is 0 Å². The van der Waals surface area contributed by atoms with E-state index in [1.165, 1.54) is 30.5 Å². The van der Waals surface area contributed by atoms with E-state index in [9.17, 15) is 18.0 Å². The normalized spacial score (nSPS) is 11.3. The van der Waals surface area contributed by atoms with E-state index < -0.39 is 24.5 Å². The van der Waals surface area contributed by atoms with Crippen molar-refractivity contribution < 1.29 is 27.8 Å². The van der Waals surface area contributed by atoms with Crippen LogP contribution in [0.15, 0.2) is 36.5 Å². The Morgan fingerprint density at radius 3 is 2.64 bits per heavy atom. The van der Waals surface area contributed by atoms with Crippen molar-refractivity contribution >= 4 is 17.6 Å². The highest BCUT2D eigenvalue weighted by Crippen LogP contribution is 2.35. The quantitative estimate of drug-likeness (QED) is 0.922. The second kappa shape index (κ2) is 6.23. The highest BCUT2D eigenvalue weighted by atomic mass is 35.5. The molecule has 1 heterocycles. The fraction of sp³-hybridized carbons (Fsp3) is 0.143. The maximum Gasteiger partial charge on any atom is 0.573 e. The van der Waals surface area contributed by atoms with Crippen LogP contribution in [0, 0.1) is 0 Å². The first-order chi connectivity index (χ1) is 10.3. The van der Waals surface area contributed by atoms with Crippen molar-refractivity contribution in [1.82, 2.24) is 4.98 Å². The lowest BCUT2D eigenvalue weighted by Gasteiger charge is -2.14. The molecule has 0 aliphatic heterocycles. The van der Waals surface area contributed by atoms with E-state index in [0.717, 1.165) is 6.07 Å². The van der Waals surface area contributed by atoms with E-state index in [0.29, 0.717) is 0 Å². The highest BCUT2D eigenvalue weighted by Gasteiger charge is 2.32. The molecule has 0 saturated carbocycles. The monoisotopic (exact) mass is 331 g/mol. The van der Waals surface area contributed by atoms with E-state index >= 15 is 0 Å². The zero-order valence-electron chi connectivity index (χ0n) is 10.9. The standard InChI is InChI=1S/C14H9ClF3NO3/c15-9-5-8(6-12(20)21)13(19-7-9)10-3-1-2-4-11(10)22-14(16,17)18/h1-5,7H,6H2,(H,20,21). The Morgan fingerprint density at radius 1 is 1.32 bits per heavy atom. The van der Waals surface area contributed by atoms with Gasteiger partial charge >= 0.3 is 12.3 Å². The van der Waals surface area contributed by atoms with Crippen LogP contribution < -0.4 is 4.74 Å². The Kier molecular flexibility index (Phi) is 4.56. The van der Waals surface area contributed by atoms with Gasteiger partial charge in [-0.2, -0.15) is 0 Å². The number of para-hydroxylation sites is 1. The summed E-state index contributed by atoms with van der Waals surface area (Å²) in [4.78, 5) is 14.8. The first-order valence-corrected chi connectivity index (χ1v) is 6.35. The van der Waals surface area contributed by atoms with Gasteiger partial charge in [0.2, 0.25) is 0 Å². The summed E-state index contributed by atoms with van der Waals surface area (Å²) >= 11 is 5.77. The molecule has 4 nitrogen and oxygen atoms in total. The molecule has 1 N–H and O–H groups in total. The molecule has 1 aromatic carbocycles. The lowest BCUT2D eigenvalue weighted by atomic mass is 10.0. The minimum absolute atomic E-state index is 0.0349. The zero-order chi connectivity index (χ0) is 16.3. The lowest BCUT2D eigenvalue weighted by Crippen LogP contribution is -2.17. The summed E-state index contributed by atoms with van der Waals surface area (Å²) in [5.74, 6) is -1.61. The van der Waals surface area contributed by atoms with Gasteiger partial charge in [-0.3, -0.25) is 9.78 Å². The van der Waals surface area contributed by atoms with Crippen LogP contribution in [-0.2, 0) is 11.2 Å². The third kappa shape index (κ3) is 4.11. The van der Waals surface area contributed by atoms with Gasteiger partial charge in [0.15, 0.2) is 0 Å². The van der Waals surface area contributed by atoms with Gasteiger partial charge in [0.25, 0.3) is 0 Å². The third-order valence-electron chi connectivity index (χ3n) is 2.64. The van der Waals surface area contributed by atoms with Crippen LogP contribution in [-0.4, -0.2) is 22.4 Å². The van der Waals surface area contributed by atoms with Gasteiger partial charge in [0, 0.05) is 11.8 Å². The smallest absolute Gasteiger partial charge is 0.481 e. The molecule has 0 aliphatic rings. The molecule has 0 fully saturated rings. The minimum atomic E-state index is -4.87. The van der Waals surface area contributed by atoms with Crippen molar-refractivity contribution in [2.24, 2.45) is 0 Å². The van der Waals surface area contributed by atoms with Crippen LogP contribution in [0.25, 0.3) is 11.3 Å². The van der Waals surface area contributed by atoms with Gasteiger partial charge in [0.05, 0.1) is 17.1 Å². The molecule has 1 aromatic heterocycles. The summed E-state index contributed by atoms with van der Waals surface area (Å²) in [6.45, 7) is 0. The molecule has 22 heavy (non-hydrogen) atoms. The number of alkyl halides is 3. The van der Waals surface area contributed by atoms with E-state index in [4.69, 9.17) is 16.7 Å². The topological polar surface area (TPSA) is 59.4 Å². The van der Waals surface area contributed by atoms with Crippen LogP contribution in [0.4, 0.5) is 13.2 Å². The Balaban J connectivity index is 2.54. The predicted molar refractivity (Wildman–Crippen MR) is 72.7 cm³/mol. The number of benzene rings is 1. The summed E-state index contributed by atoms with van der Waals surface area (Å²) in [7, 11) is 0. The van der Waals surface area contributed by atoms with Gasteiger partial charge < -0.3 is 9.84 Å². The van der Waals surface area contributed by atoms with Gasteiger partial charge in [0.1, 0.15) is 5.75 Å². The SMILES string of the molecule is O=C(O)Cc1cc(Cl)cnc1-c1ccccc1OC(F)(F)F. The number of carboxylic acids is 1. The maximum atomic E-state index is 12.5. The number of ether oxygens (including phenoxy) is 1. The van der Waals surface area contributed by atoms with Gasteiger partial charge in [-0.1, -0.05) is 23.7 Å².